The number of anilines is 1. The maximum absolute atomic E-state index is 13.6. The van der Waals surface area contributed by atoms with E-state index in [1.807, 2.05) is 42.2 Å². The van der Waals surface area contributed by atoms with E-state index in [9.17, 15) is 9.59 Å². The summed E-state index contributed by atoms with van der Waals surface area (Å²) in [5.74, 6) is 0.553. The van der Waals surface area contributed by atoms with Gasteiger partial charge in [-0.2, -0.15) is 0 Å². The van der Waals surface area contributed by atoms with Crippen LogP contribution >= 0.6 is 0 Å². The Bertz CT molecular complexity index is 1010. The third kappa shape index (κ3) is 3.88. The Morgan fingerprint density at radius 1 is 0.903 bits per heavy atom. The van der Waals surface area contributed by atoms with Crippen molar-refractivity contribution in [3.8, 4) is 11.5 Å². The van der Waals surface area contributed by atoms with Crippen molar-refractivity contribution in [1.29, 1.82) is 0 Å². The number of likely N-dealkylation sites (N-methyl/N-ethyl adjacent to an activating group) is 1. The lowest BCUT2D eigenvalue weighted by molar-refractivity contribution is -0.120. The minimum atomic E-state index is -0.340. The lowest BCUT2D eigenvalue weighted by Crippen LogP contribution is -2.46. The van der Waals surface area contributed by atoms with E-state index in [0.29, 0.717) is 48.0 Å². The van der Waals surface area contributed by atoms with Gasteiger partial charge >= 0.3 is 0 Å². The molecule has 1 saturated heterocycles. The molecule has 0 aliphatic carbocycles. The highest BCUT2D eigenvalue weighted by molar-refractivity contribution is 6.45. The van der Waals surface area contributed by atoms with Gasteiger partial charge in [0, 0.05) is 26.2 Å². The Morgan fingerprint density at radius 2 is 1.58 bits per heavy atom. The Balaban J connectivity index is 1.79. The van der Waals surface area contributed by atoms with Crippen LogP contribution in [0.1, 0.15) is 12.5 Å². The fourth-order valence-electron chi connectivity index (χ4n) is 4.02. The smallest absolute Gasteiger partial charge is 0.282 e. The molecule has 2 heterocycles. The van der Waals surface area contributed by atoms with Gasteiger partial charge in [0.15, 0.2) is 0 Å². The molecule has 162 valence electrons. The number of rotatable bonds is 6. The van der Waals surface area contributed by atoms with Gasteiger partial charge in [-0.1, -0.05) is 24.3 Å². The lowest BCUT2D eigenvalue weighted by atomic mass is 10.0. The molecule has 7 heteroatoms. The van der Waals surface area contributed by atoms with Gasteiger partial charge in [-0.05, 0) is 43.8 Å². The normalized spacial score (nSPS) is 17.5. The zero-order valence-electron chi connectivity index (χ0n) is 18.1. The SMILES string of the molecule is CCOc1ccc(C2=C(N3CCN(C)CC3)C(=O)N(c3ccccc3OC)C2=O)cc1. The van der Waals surface area contributed by atoms with Crippen molar-refractivity contribution in [2.75, 3.05) is 51.8 Å². The van der Waals surface area contributed by atoms with E-state index in [4.69, 9.17) is 9.47 Å². The minimum Gasteiger partial charge on any atom is -0.495 e. The molecule has 0 spiro atoms. The fourth-order valence-corrected chi connectivity index (χ4v) is 4.02. The number of piperazine rings is 1. The maximum atomic E-state index is 13.6. The van der Waals surface area contributed by atoms with Gasteiger partial charge in [-0.15, -0.1) is 0 Å². The van der Waals surface area contributed by atoms with E-state index in [1.54, 1.807) is 18.2 Å². The highest BCUT2D eigenvalue weighted by Gasteiger charge is 2.43. The number of imide groups is 1. The summed E-state index contributed by atoms with van der Waals surface area (Å²) in [5.41, 5.74) is 2.03. The molecule has 1 fully saturated rings. The van der Waals surface area contributed by atoms with E-state index < -0.39 is 0 Å². The van der Waals surface area contributed by atoms with Crippen LogP contribution in [-0.2, 0) is 9.59 Å². The van der Waals surface area contributed by atoms with E-state index in [2.05, 4.69) is 11.9 Å². The van der Waals surface area contributed by atoms with Crippen LogP contribution in [-0.4, -0.2) is 68.6 Å². The average Bonchev–Trinajstić information content (AvgIpc) is 3.05. The van der Waals surface area contributed by atoms with Crippen LogP contribution in [0.2, 0.25) is 0 Å². The molecule has 4 rings (SSSR count). The molecule has 2 aromatic rings. The molecular formula is C24H27N3O4. The van der Waals surface area contributed by atoms with Crippen molar-refractivity contribution < 1.29 is 19.1 Å². The fraction of sp³-hybridized carbons (Fsp3) is 0.333. The summed E-state index contributed by atoms with van der Waals surface area (Å²) in [6, 6.07) is 14.4. The van der Waals surface area contributed by atoms with Gasteiger partial charge in [0.2, 0.25) is 0 Å². The Hall–Kier alpha value is -3.32. The van der Waals surface area contributed by atoms with Crippen LogP contribution in [0.25, 0.3) is 5.57 Å². The summed E-state index contributed by atoms with van der Waals surface area (Å²) < 4.78 is 11.0. The van der Waals surface area contributed by atoms with Gasteiger partial charge in [0.1, 0.15) is 17.2 Å². The second-order valence-electron chi connectivity index (χ2n) is 7.59. The topological polar surface area (TPSA) is 62.3 Å². The number of carbonyl (C=O) groups is 2. The van der Waals surface area contributed by atoms with Crippen LogP contribution in [0.3, 0.4) is 0 Å². The number of amides is 2. The first-order valence-corrected chi connectivity index (χ1v) is 10.5. The van der Waals surface area contributed by atoms with Crippen molar-refractivity contribution in [2.45, 2.75) is 6.92 Å². The molecule has 2 amide bonds. The third-order valence-corrected chi connectivity index (χ3v) is 5.66. The number of carbonyl (C=O) groups excluding carboxylic acids is 2. The number of hydrogen-bond donors (Lipinski definition) is 0. The zero-order chi connectivity index (χ0) is 22.0. The van der Waals surface area contributed by atoms with Crippen molar-refractivity contribution >= 4 is 23.1 Å². The summed E-state index contributed by atoms with van der Waals surface area (Å²) in [6.45, 7) is 5.52. The van der Waals surface area contributed by atoms with Crippen LogP contribution < -0.4 is 14.4 Å². The van der Waals surface area contributed by atoms with Crippen molar-refractivity contribution in [3.05, 3.63) is 59.8 Å². The van der Waals surface area contributed by atoms with Gasteiger partial charge in [0.05, 0.1) is 25.0 Å². The van der Waals surface area contributed by atoms with Crippen LogP contribution in [0, 0.1) is 0 Å². The second-order valence-corrected chi connectivity index (χ2v) is 7.59. The maximum Gasteiger partial charge on any atom is 0.282 e. The number of para-hydroxylation sites is 2. The molecule has 2 aliphatic heterocycles. The third-order valence-electron chi connectivity index (χ3n) is 5.66. The minimum absolute atomic E-state index is 0.317. The van der Waals surface area contributed by atoms with E-state index in [-0.39, 0.29) is 11.8 Å². The summed E-state index contributed by atoms with van der Waals surface area (Å²) in [5, 5.41) is 0. The van der Waals surface area contributed by atoms with Crippen LogP contribution in [0.15, 0.2) is 54.2 Å². The zero-order valence-corrected chi connectivity index (χ0v) is 18.1. The van der Waals surface area contributed by atoms with Crippen LogP contribution in [0.5, 0.6) is 11.5 Å². The quantitative estimate of drug-likeness (QED) is 0.669. The molecule has 0 saturated carbocycles. The summed E-state index contributed by atoms with van der Waals surface area (Å²) >= 11 is 0. The lowest BCUT2D eigenvalue weighted by Gasteiger charge is -2.34. The van der Waals surface area contributed by atoms with Crippen molar-refractivity contribution in [1.82, 2.24) is 9.80 Å². The Labute approximate surface area is 182 Å². The van der Waals surface area contributed by atoms with Gasteiger partial charge in [0.25, 0.3) is 11.8 Å². The molecular weight excluding hydrogens is 394 g/mol. The van der Waals surface area contributed by atoms with E-state index in [1.165, 1.54) is 12.0 Å². The van der Waals surface area contributed by atoms with E-state index in [0.717, 1.165) is 18.8 Å². The molecule has 0 N–H and O–H groups in total. The molecule has 0 bridgehead atoms. The number of hydrogen-bond acceptors (Lipinski definition) is 6. The number of ether oxygens (including phenoxy) is 2. The van der Waals surface area contributed by atoms with Gasteiger partial charge in [-0.25, -0.2) is 4.90 Å². The van der Waals surface area contributed by atoms with E-state index >= 15 is 0 Å². The predicted octanol–water partition coefficient (Wildman–Crippen LogP) is 2.63. The summed E-state index contributed by atoms with van der Waals surface area (Å²) in [4.78, 5) is 32.7. The molecule has 2 aromatic carbocycles. The first-order valence-electron chi connectivity index (χ1n) is 10.5. The molecule has 31 heavy (non-hydrogen) atoms. The number of nitrogens with zero attached hydrogens (tertiary/aromatic N) is 3. The molecule has 0 unspecified atom stereocenters. The van der Waals surface area contributed by atoms with Gasteiger partial charge in [-0.3, -0.25) is 9.59 Å². The summed E-state index contributed by atoms with van der Waals surface area (Å²) in [6.07, 6.45) is 0. The predicted molar refractivity (Wildman–Crippen MR) is 119 cm³/mol. The van der Waals surface area contributed by atoms with Gasteiger partial charge < -0.3 is 19.3 Å². The number of methoxy groups -OCH3 is 1. The highest BCUT2D eigenvalue weighted by Crippen LogP contribution is 2.39. The second kappa shape index (κ2) is 8.81. The Morgan fingerprint density at radius 3 is 2.23 bits per heavy atom. The summed E-state index contributed by atoms with van der Waals surface area (Å²) in [7, 11) is 3.59. The monoisotopic (exact) mass is 421 g/mol. The number of benzene rings is 2. The standard InChI is InChI=1S/C24H27N3O4/c1-4-31-18-11-9-17(10-12-18)21-22(26-15-13-25(2)14-16-26)24(29)27(23(21)28)19-7-5-6-8-20(19)30-3/h5-12H,4,13-16H2,1-3H3. The Kier molecular flexibility index (Phi) is 5.95. The first-order chi connectivity index (χ1) is 15.0. The molecule has 0 aromatic heterocycles. The first kappa shape index (κ1) is 20.9. The molecule has 2 aliphatic rings. The average molecular weight is 421 g/mol. The van der Waals surface area contributed by atoms with Crippen molar-refractivity contribution in [2.24, 2.45) is 0 Å². The molecule has 0 atom stereocenters. The largest absolute Gasteiger partial charge is 0.495 e. The molecule has 0 radical (unpaired) electrons. The molecule has 7 nitrogen and oxygen atoms in total. The van der Waals surface area contributed by atoms with Crippen molar-refractivity contribution in [3.63, 3.8) is 0 Å². The highest BCUT2D eigenvalue weighted by atomic mass is 16.5. The van der Waals surface area contributed by atoms with Crippen LogP contribution in [0.4, 0.5) is 5.69 Å².